The first-order valence-corrected chi connectivity index (χ1v) is 9.80. The van der Waals surface area contributed by atoms with Crippen molar-refractivity contribution in [3.8, 4) is 0 Å². The zero-order chi connectivity index (χ0) is 20.4. The Balaban J connectivity index is 2.60. The second-order valence-corrected chi connectivity index (χ2v) is 7.58. The van der Waals surface area contributed by atoms with Gasteiger partial charge in [0.25, 0.3) is 0 Å². The molecule has 0 radical (unpaired) electrons. The van der Waals surface area contributed by atoms with E-state index in [1.807, 2.05) is 34.6 Å². The standard InChI is InChI=1S/C19H36N4O4/c1-7-20-17(23-12-9-15(10-13-23)16(24)26-6)21-11-14-22(8-2)18(25)27-19(3,4)5/h15H,7-14H2,1-6H3,(H,20,21). The van der Waals surface area contributed by atoms with E-state index in [1.165, 1.54) is 7.11 Å². The number of likely N-dealkylation sites (tertiary alicyclic amines) is 1. The molecule has 1 aliphatic rings. The molecule has 0 saturated carbocycles. The van der Waals surface area contributed by atoms with Gasteiger partial charge in [0, 0.05) is 32.7 Å². The summed E-state index contributed by atoms with van der Waals surface area (Å²) in [5.74, 6) is 0.658. The largest absolute Gasteiger partial charge is 0.469 e. The van der Waals surface area contributed by atoms with Gasteiger partial charge in [-0.15, -0.1) is 0 Å². The van der Waals surface area contributed by atoms with Crippen molar-refractivity contribution in [2.75, 3.05) is 46.4 Å². The van der Waals surface area contributed by atoms with E-state index in [0.717, 1.165) is 38.4 Å². The number of nitrogens with one attached hydrogen (secondary N) is 1. The minimum absolute atomic E-state index is 0.0307. The Morgan fingerprint density at radius 2 is 1.85 bits per heavy atom. The molecule has 1 rings (SSSR count). The van der Waals surface area contributed by atoms with E-state index in [4.69, 9.17) is 9.47 Å². The number of aliphatic imine (C=N–C) groups is 1. The van der Waals surface area contributed by atoms with Crippen LogP contribution >= 0.6 is 0 Å². The summed E-state index contributed by atoms with van der Waals surface area (Å²) in [4.78, 5) is 32.4. The molecule has 0 aliphatic carbocycles. The molecule has 1 saturated heterocycles. The first-order chi connectivity index (χ1) is 12.7. The fourth-order valence-corrected chi connectivity index (χ4v) is 2.90. The van der Waals surface area contributed by atoms with Crippen molar-refractivity contribution < 1.29 is 19.1 Å². The van der Waals surface area contributed by atoms with Crippen LogP contribution in [0.25, 0.3) is 0 Å². The van der Waals surface area contributed by atoms with Gasteiger partial charge in [-0.1, -0.05) is 0 Å². The molecule has 0 atom stereocenters. The second-order valence-electron chi connectivity index (χ2n) is 7.58. The highest BCUT2D eigenvalue weighted by Crippen LogP contribution is 2.18. The van der Waals surface area contributed by atoms with Gasteiger partial charge in [0.2, 0.25) is 0 Å². The summed E-state index contributed by atoms with van der Waals surface area (Å²) in [7, 11) is 1.43. The number of nitrogens with zero attached hydrogens (tertiary/aromatic N) is 3. The van der Waals surface area contributed by atoms with Crippen molar-refractivity contribution in [2.24, 2.45) is 10.9 Å². The first kappa shape index (κ1) is 23.0. The van der Waals surface area contributed by atoms with E-state index < -0.39 is 5.60 Å². The van der Waals surface area contributed by atoms with Crippen LogP contribution in [-0.2, 0) is 14.3 Å². The average molecular weight is 385 g/mol. The molecule has 27 heavy (non-hydrogen) atoms. The molecule has 1 N–H and O–H groups in total. The van der Waals surface area contributed by atoms with Gasteiger partial charge in [-0.25, -0.2) is 4.79 Å². The molecule has 156 valence electrons. The summed E-state index contributed by atoms with van der Waals surface area (Å²) in [6, 6.07) is 0. The van der Waals surface area contributed by atoms with E-state index >= 15 is 0 Å². The number of ether oxygens (including phenoxy) is 2. The number of rotatable bonds is 6. The molecule has 0 unspecified atom stereocenters. The van der Waals surface area contributed by atoms with Crippen LogP contribution in [0.1, 0.15) is 47.5 Å². The topological polar surface area (TPSA) is 83.5 Å². The summed E-state index contributed by atoms with van der Waals surface area (Å²) in [6.07, 6.45) is 1.20. The van der Waals surface area contributed by atoms with Crippen LogP contribution < -0.4 is 5.32 Å². The van der Waals surface area contributed by atoms with Gasteiger partial charge >= 0.3 is 12.1 Å². The Morgan fingerprint density at radius 3 is 2.33 bits per heavy atom. The Hall–Kier alpha value is -1.99. The maximum Gasteiger partial charge on any atom is 0.410 e. The summed E-state index contributed by atoms with van der Waals surface area (Å²) in [5.41, 5.74) is -0.507. The van der Waals surface area contributed by atoms with Gasteiger partial charge in [-0.3, -0.25) is 9.79 Å². The Labute approximate surface area is 163 Å². The Morgan fingerprint density at radius 1 is 1.22 bits per heavy atom. The van der Waals surface area contributed by atoms with E-state index in [9.17, 15) is 9.59 Å². The lowest BCUT2D eigenvalue weighted by Gasteiger charge is -2.33. The molecule has 1 amide bonds. The van der Waals surface area contributed by atoms with Crippen molar-refractivity contribution in [3.05, 3.63) is 0 Å². The first-order valence-electron chi connectivity index (χ1n) is 9.80. The normalized spacial score (nSPS) is 16.1. The van der Waals surface area contributed by atoms with Gasteiger partial charge in [-0.05, 0) is 47.5 Å². The Kier molecular flexibility index (Phi) is 9.38. The average Bonchev–Trinajstić information content (AvgIpc) is 2.62. The van der Waals surface area contributed by atoms with Crippen LogP contribution in [0.3, 0.4) is 0 Å². The fraction of sp³-hybridized carbons (Fsp3) is 0.842. The molecule has 0 aromatic heterocycles. The minimum atomic E-state index is -0.507. The SMILES string of the molecule is CCNC(=NCCN(CC)C(=O)OC(C)(C)C)N1CCC(C(=O)OC)CC1. The highest BCUT2D eigenvalue weighted by atomic mass is 16.6. The predicted octanol–water partition coefficient (Wildman–Crippen LogP) is 2.09. The van der Waals surface area contributed by atoms with Crippen LogP contribution in [0.15, 0.2) is 4.99 Å². The number of likely N-dealkylation sites (N-methyl/N-ethyl adjacent to an activating group) is 1. The third kappa shape index (κ3) is 8.05. The van der Waals surface area contributed by atoms with Crippen molar-refractivity contribution in [2.45, 2.75) is 53.1 Å². The highest BCUT2D eigenvalue weighted by molar-refractivity contribution is 5.80. The lowest BCUT2D eigenvalue weighted by Crippen LogP contribution is -2.47. The van der Waals surface area contributed by atoms with Crippen LogP contribution in [0.2, 0.25) is 0 Å². The predicted molar refractivity (Wildman–Crippen MR) is 106 cm³/mol. The van der Waals surface area contributed by atoms with E-state index in [-0.39, 0.29) is 18.0 Å². The van der Waals surface area contributed by atoms with Gasteiger partial charge in [-0.2, -0.15) is 0 Å². The van der Waals surface area contributed by atoms with Gasteiger partial charge in [0.15, 0.2) is 5.96 Å². The van der Waals surface area contributed by atoms with E-state index in [0.29, 0.717) is 19.6 Å². The molecular weight excluding hydrogens is 348 g/mol. The third-order valence-electron chi connectivity index (χ3n) is 4.33. The number of carbonyl (C=O) groups is 2. The van der Waals surface area contributed by atoms with Crippen LogP contribution in [0.5, 0.6) is 0 Å². The fourth-order valence-electron chi connectivity index (χ4n) is 2.90. The molecule has 1 heterocycles. The molecule has 0 aromatic rings. The molecule has 0 aromatic carbocycles. The number of methoxy groups -OCH3 is 1. The highest BCUT2D eigenvalue weighted by Gasteiger charge is 2.27. The molecule has 8 heteroatoms. The number of carbonyl (C=O) groups excluding carboxylic acids is 2. The molecular formula is C19H36N4O4. The molecule has 0 bridgehead atoms. The van der Waals surface area contributed by atoms with Crippen LogP contribution in [0.4, 0.5) is 4.79 Å². The number of hydrogen-bond donors (Lipinski definition) is 1. The minimum Gasteiger partial charge on any atom is -0.469 e. The van der Waals surface area contributed by atoms with Gasteiger partial charge < -0.3 is 24.6 Å². The molecule has 1 fully saturated rings. The maximum absolute atomic E-state index is 12.2. The third-order valence-corrected chi connectivity index (χ3v) is 4.33. The van der Waals surface area contributed by atoms with E-state index in [2.05, 4.69) is 15.2 Å². The number of piperidine rings is 1. The van der Waals surface area contributed by atoms with Crippen molar-refractivity contribution in [3.63, 3.8) is 0 Å². The molecule has 8 nitrogen and oxygen atoms in total. The Bertz CT molecular complexity index is 508. The van der Waals surface area contributed by atoms with Gasteiger partial charge in [0.1, 0.15) is 5.60 Å². The lowest BCUT2D eigenvalue weighted by atomic mass is 9.97. The smallest absolute Gasteiger partial charge is 0.410 e. The van der Waals surface area contributed by atoms with Crippen LogP contribution in [0, 0.1) is 5.92 Å². The summed E-state index contributed by atoms with van der Waals surface area (Å²) in [5, 5.41) is 3.29. The monoisotopic (exact) mass is 384 g/mol. The zero-order valence-electron chi connectivity index (χ0n) is 17.7. The lowest BCUT2D eigenvalue weighted by molar-refractivity contribution is -0.146. The van der Waals surface area contributed by atoms with E-state index in [1.54, 1.807) is 4.90 Å². The van der Waals surface area contributed by atoms with Crippen molar-refractivity contribution in [1.29, 1.82) is 0 Å². The summed E-state index contributed by atoms with van der Waals surface area (Å²) in [6.45, 7) is 13.4. The maximum atomic E-state index is 12.2. The summed E-state index contributed by atoms with van der Waals surface area (Å²) < 4.78 is 10.3. The summed E-state index contributed by atoms with van der Waals surface area (Å²) >= 11 is 0. The molecule has 1 aliphatic heterocycles. The second kappa shape index (κ2) is 11.0. The number of esters is 1. The van der Waals surface area contributed by atoms with Crippen molar-refractivity contribution in [1.82, 2.24) is 15.1 Å². The molecule has 0 spiro atoms. The number of amides is 1. The quantitative estimate of drug-likeness (QED) is 0.429. The number of hydrogen-bond acceptors (Lipinski definition) is 5. The number of guanidine groups is 1. The van der Waals surface area contributed by atoms with Crippen molar-refractivity contribution >= 4 is 18.0 Å². The van der Waals surface area contributed by atoms with Gasteiger partial charge in [0.05, 0.1) is 19.6 Å². The van der Waals surface area contributed by atoms with Crippen LogP contribution in [-0.4, -0.2) is 79.8 Å². The zero-order valence-corrected chi connectivity index (χ0v) is 17.7.